The Morgan fingerprint density at radius 3 is 1.78 bits per heavy atom. The van der Waals surface area contributed by atoms with E-state index in [0.29, 0.717) is 5.95 Å². The van der Waals surface area contributed by atoms with Crippen LogP contribution in [0.2, 0.25) is 0 Å². The molecule has 11 aromatic rings. The summed E-state index contributed by atoms with van der Waals surface area (Å²) in [7, 11) is 0. The van der Waals surface area contributed by atoms with Crippen molar-refractivity contribution in [2.24, 2.45) is 0 Å². The third-order valence-electron chi connectivity index (χ3n) is 9.90. The SMILES string of the molecule is c1ccc(-c2nc(-n3c4ccccc4c4c5oc6ccccc6c5c5c6ccccc6n(-c6ccccc6)c5c43)nc3ccccc23)cc1. The molecule has 0 atom stereocenters. The van der Waals surface area contributed by atoms with E-state index in [-0.39, 0.29) is 0 Å². The standard InChI is InChI=1S/C44H26N4O/c1-3-15-27(16-4-1)40-29-19-7-11-23-33(29)45-44(46-40)48-35-25-13-9-21-31(35)39-42(48)41-37(38-32-22-10-14-26-36(32)49-43(38)39)30-20-8-12-24-34(30)47(41)28-17-5-2-6-18-28/h1-26H. The van der Waals surface area contributed by atoms with Crippen LogP contribution < -0.4 is 0 Å². The molecule has 4 aromatic heterocycles. The van der Waals surface area contributed by atoms with Gasteiger partial charge in [0.1, 0.15) is 11.2 Å². The van der Waals surface area contributed by atoms with Crippen LogP contribution >= 0.6 is 0 Å². The molecule has 0 spiro atoms. The van der Waals surface area contributed by atoms with Crippen molar-refractivity contribution in [3.05, 3.63) is 158 Å². The maximum absolute atomic E-state index is 6.89. The maximum atomic E-state index is 6.89. The van der Waals surface area contributed by atoms with E-state index in [1.165, 1.54) is 5.39 Å². The molecular formula is C44H26N4O. The fourth-order valence-electron chi connectivity index (χ4n) is 7.91. The first-order valence-electron chi connectivity index (χ1n) is 16.5. The summed E-state index contributed by atoms with van der Waals surface area (Å²) in [6, 6.07) is 55.0. The smallest absolute Gasteiger partial charge is 0.235 e. The highest BCUT2D eigenvalue weighted by molar-refractivity contribution is 6.39. The molecule has 7 aromatic carbocycles. The quantitative estimate of drug-likeness (QED) is 0.196. The molecule has 0 N–H and O–H groups in total. The largest absolute Gasteiger partial charge is 0.455 e. The average Bonchev–Trinajstić information content (AvgIpc) is 3.83. The van der Waals surface area contributed by atoms with Gasteiger partial charge in [0.2, 0.25) is 5.95 Å². The van der Waals surface area contributed by atoms with Gasteiger partial charge in [-0.25, -0.2) is 9.97 Å². The van der Waals surface area contributed by atoms with Crippen LogP contribution in [0.3, 0.4) is 0 Å². The van der Waals surface area contributed by atoms with Crippen molar-refractivity contribution in [2.45, 2.75) is 0 Å². The van der Waals surface area contributed by atoms with Crippen molar-refractivity contribution >= 4 is 76.5 Å². The zero-order valence-corrected chi connectivity index (χ0v) is 26.2. The second kappa shape index (κ2) is 9.89. The minimum Gasteiger partial charge on any atom is -0.455 e. The third kappa shape index (κ3) is 3.59. The first-order chi connectivity index (χ1) is 24.3. The summed E-state index contributed by atoms with van der Waals surface area (Å²) in [5, 5.41) is 7.70. The topological polar surface area (TPSA) is 48.8 Å². The predicted molar refractivity (Wildman–Crippen MR) is 201 cm³/mol. The van der Waals surface area contributed by atoms with E-state index in [1.54, 1.807) is 0 Å². The molecule has 11 rings (SSSR count). The molecule has 0 aliphatic rings. The van der Waals surface area contributed by atoms with Crippen LogP contribution in [0.15, 0.2) is 162 Å². The highest BCUT2D eigenvalue weighted by Gasteiger charge is 2.28. The molecule has 0 aliphatic carbocycles. The van der Waals surface area contributed by atoms with E-state index in [2.05, 4.69) is 149 Å². The zero-order valence-electron chi connectivity index (χ0n) is 26.2. The fraction of sp³-hybridized carbons (Fsp3) is 0. The van der Waals surface area contributed by atoms with Gasteiger partial charge in [0.05, 0.1) is 38.7 Å². The maximum Gasteiger partial charge on any atom is 0.235 e. The number of hydrogen-bond acceptors (Lipinski definition) is 3. The summed E-state index contributed by atoms with van der Waals surface area (Å²) in [6.45, 7) is 0. The lowest BCUT2D eigenvalue weighted by Gasteiger charge is -2.14. The van der Waals surface area contributed by atoms with Gasteiger partial charge in [-0.2, -0.15) is 0 Å². The molecule has 0 fully saturated rings. The Hall–Kier alpha value is -6.72. The van der Waals surface area contributed by atoms with Gasteiger partial charge in [0, 0.05) is 43.6 Å². The Morgan fingerprint density at radius 2 is 1.00 bits per heavy atom. The number of aromatic nitrogens is 4. The number of furan rings is 1. The molecular weight excluding hydrogens is 601 g/mol. The van der Waals surface area contributed by atoms with Gasteiger partial charge in [0.25, 0.3) is 0 Å². The van der Waals surface area contributed by atoms with E-state index in [1.807, 2.05) is 18.2 Å². The summed E-state index contributed by atoms with van der Waals surface area (Å²) in [5.74, 6) is 0.616. The van der Waals surface area contributed by atoms with Crippen molar-refractivity contribution in [2.75, 3.05) is 0 Å². The number of fused-ring (bicyclic) bond motifs is 13. The van der Waals surface area contributed by atoms with Crippen LogP contribution in [0.25, 0.3) is 99.3 Å². The lowest BCUT2D eigenvalue weighted by Crippen LogP contribution is -2.04. The summed E-state index contributed by atoms with van der Waals surface area (Å²) >= 11 is 0. The first kappa shape index (κ1) is 26.4. The van der Waals surface area contributed by atoms with Crippen molar-refractivity contribution in [1.29, 1.82) is 0 Å². The highest BCUT2D eigenvalue weighted by atomic mass is 16.3. The number of benzene rings is 7. The molecule has 49 heavy (non-hydrogen) atoms. The average molecular weight is 627 g/mol. The van der Waals surface area contributed by atoms with Crippen LogP contribution in [0.4, 0.5) is 0 Å². The van der Waals surface area contributed by atoms with Gasteiger partial charge >= 0.3 is 0 Å². The van der Waals surface area contributed by atoms with Crippen LogP contribution in [0.1, 0.15) is 0 Å². The number of nitrogens with zero attached hydrogens (tertiary/aromatic N) is 4. The highest BCUT2D eigenvalue weighted by Crippen LogP contribution is 2.49. The lowest BCUT2D eigenvalue weighted by atomic mass is 10.0. The summed E-state index contributed by atoms with van der Waals surface area (Å²) in [5.41, 5.74) is 9.92. The molecule has 5 heteroatoms. The number of para-hydroxylation sites is 5. The molecule has 0 aliphatic heterocycles. The van der Waals surface area contributed by atoms with Gasteiger partial charge in [-0.05, 0) is 36.4 Å². The van der Waals surface area contributed by atoms with Crippen LogP contribution in [-0.2, 0) is 0 Å². The van der Waals surface area contributed by atoms with E-state index in [0.717, 1.165) is 88.0 Å². The van der Waals surface area contributed by atoms with Crippen molar-refractivity contribution in [3.63, 3.8) is 0 Å². The van der Waals surface area contributed by atoms with Crippen LogP contribution in [0.5, 0.6) is 0 Å². The predicted octanol–water partition coefficient (Wildman–Crippen LogP) is 11.4. The van der Waals surface area contributed by atoms with E-state index in [4.69, 9.17) is 14.4 Å². The van der Waals surface area contributed by atoms with E-state index < -0.39 is 0 Å². The Balaban J connectivity index is 1.45. The van der Waals surface area contributed by atoms with Crippen LogP contribution in [-0.4, -0.2) is 19.1 Å². The number of rotatable bonds is 3. The minimum atomic E-state index is 0.616. The van der Waals surface area contributed by atoms with Crippen molar-refractivity contribution in [1.82, 2.24) is 19.1 Å². The molecule has 0 saturated carbocycles. The van der Waals surface area contributed by atoms with Gasteiger partial charge in [-0.1, -0.05) is 121 Å². The van der Waals surface area contributed by atoms with Crippen molar-refractivity contribution in [3.8, 4) is 22.9 Å². The second-order valence-electron chi connectivity index (χ2n) is 12.5. The Kier molecular flexibility index (Phi) is 5.32. The minimum absolute atomic E-state index is 0.616. The van der Waals surface area contributed by atoms with Gasteiger partial charge in [-0.15, -0.1) is 0 Å². The molecule has 228 valence electrons. The van der Waals surface area contributed by atoms with E-state index in [9.17, 15) is 0 Å². The van der Waals surface area contributed by atoms with Crippen molar-refractivity contribution < 1.29 is 4.42 Å². The Morgan fingerprint density at radius 1 is 0.429 bits per heavy atom. The van der Waals surface area contributed by atoms with Gasteiger partial charge < -0.3 is 8.98 Å². The molecule has 0 unspecified atom stereocenters. The fourth-order valence-corrected chi connectivity index (χ4v) is 7.91. The molecule has 0 bridgehead atoms. The normalized spacial score (nSPS) is 12.1. The Labute approximate surface area is 279 Å². The number of hydrogen-bond donors (Lipinski definition) is 0. The Bertz CT molecular complexity index is 3100. The monoisotopic (exact) mass is 626 g/mol. The summed E-state index contributed by atoms with van der Waals surface area (Å²) in [4.78, 5) is 10.7. The molecule has 0 radical (unpaired) electrons. The molecule has 4 heterocycles. The van der Waals surface area contributed by atoms with E-state index >= 15 is 0 Å². The third-order valence-corrected chi connectivity index (χ3v) is 9.90. The first-order valence-corrected chi connectivity index (χ1v) is 16.5. The lowest BCUT2D eigenvalue weighted by molar-refractivity contribution is 0.673. The second-order valence-corrected chi connectivity index (χ2v) is 12.5. The molecule has 5 nitrogen and oxygen atoms in total. The molecule has 0 amide bonds. The summed E-state index contributed by atoms with van der Waals surface area (Å²) in [6.07, 6.45) is 0. The zero-order chi connectivity index (χ0) is 32.1. The summed E-state index contributed by atoms with van der Waals surface area (Å²) < 4.78 is 11.6. The van der Waals surface area contributed by atoms with Gasteiger partial charge in [-0.3, -0.25) is 4.57 Å². The van der Waals surface area contributed by atoms with Gasteiger partial charge in [0.15, 0.2) is 0 Å². The van der Waals surface area contributed by atoms with Crippen LogP contribution in [0, 0.1) is 0 Å². The molecule has 0 saturated heterocycles.